The zero-order valence-electron chi connectivity index (χ0n) is 13.3. The first kappa shape index (κ1) is 14.6. The molecule has 116 valence electrons. The number of nitrogens with one attached hydrogen (secondary N) is 2. The van der Waals surface area contributed by atoms with Gasteiger partial charge < -0.3 is 15.1 Å². The van der Waals surface area contributed by atoms with Gasteiger partial charge >= 0.3 is 0 Å². The molecule has 4 nitrogen and oxygen atoms in total. The van der Waals surface area contributed by atoms with Gasteiger partial charge in [0, 0.05) is 18.4 Å². The van der Waals surface area contributed by atoms with E-state index < -0.39 is 0 Å². The summed E-state index contributed by atoms with van der Waals surface area (Å²) in [7, 11) is 0. The molecule has 2 aliphatic rings. The van der Waals surface area contributed by atoms with E-state index in [0.717, 1.165) is 43.9 Å². The van der Waals surface area contributed by atoms with Crippen LogP contribution in [0.2, 0.25) is 0 Å². The third-order valence-corrected chi connectivity index (χ3v) is 4.71. The Kier molecular flexibility index (Phi) is 3.82. The van der Waals surface area contributed by atoms with Crippen LogP contribution in [0.25, 0.3) is 0 Å². The maximum Gasteiger partial charge on any atom is 0.220 e. The molecule has 0 bridgehead atoms. The number of aryl methyl sites for hydroxylation is 1. The molecule has 0 aromatic carbocycles. The van der Waals surface area contributed by atoms with E-state index >= 15 is 0 Å². The molecule has 1 fully saturated rings. The normalized spacial score (nSPS) is 27.4. The van der Waals surface area contributed by atoms with Gasteiger partial charge in [0.05, 0.1) is 6.04 Å². The zero-order valence-corrected chi connectivity index (χ0v) is 13.3. The van der Waals surface area contributed by atoms with Crippen LogP contribution in [0, 0.1) is 18.3 Å². The van der Waals surface area contributed by atoms with Gasteiger partial charge in [-0.05, 0) is 50.3 Å². The molecule has 1 aromatic rings. The average Bonchev–Trinajstić information content (AvgIpc) is 2.96. The molecule has 0 saturated carbocycles. The van der Waals surface area contributed by atoms with Gasteiger partial charge in [0.1, 0.15) is 11.5 Å². The topological polar surface area (TPSA) is 54.3 Å². The number of amides is 1. The number of fused-ring (bicyclic) bond motifs is 1. The summed E-state index contributed by atoms with van der Waals surface area (Å²) in [4.78, 5) is 12.3. The van der Waals surface area contributed by atoms with E-state index in [0.29, 0.717) is 12.3 Å². The maximum atomic E-state index is 12.3. The van der Waals surface area contributed by atoms with E-state index in [1.165, 1.54) is 5.56 Å². The van der Waals surface area contributed by atoms with Crippen molar-refractivity contribution in [2.75, 3.05) is 13.1 Å². The Morgan fingerprint density at radius 1 is 1.52 bits per heavy atom. The highest BCUT2D eigenvalue weighted by Crippen LogP contribution is 2.42. The van der Waals surface area contributed by atoms with E-state index in [9.17, 15) is 4.79 Å². The maximum absolute atomic E-state index is 12.3. The molecular formula is C17H26N2O2. The van der Waals surface area contributed by atoms with Crippen LogP contribution in [0.5, 0.6) is 0 Å². The van der Waals surface area contributed by atoms with E-state index in [1.54, 1.807) is 0 Å². The number of hydrogen-bond acceptors (Lipinski definition) is 3. The van der Waals surface area contributed by atoms with Gasteiger partial charge in [-0.25, -0.2) is 0 Å². The van der Waals surface area contributed by atoms with E-state index in [2.05, 4.69) is 30.5 Å². The Morgan fingerprint density at radius 2 is 2.33 bits per heavy atom. The van der Waals surface area contributed by atoms with Gasteiger partial charge in [-0.15, -0.1) is 0 Å². The van der Waals surface area contributed by atoms with Gasteiger partial charge in [0.2, 0.25) is 5.91 Å². The third-order valence-electron chi connectivity index (χ3n) is 4.71. The first-order valence-electron chi connectivity index (χ1n) is 8.02. The highest BCUT2D eigenvalue weighted by atomic mass is 16.3. The third kappa shape index (κ3) is 3.31. The van der Waals surface area contributed by atoms with Crippen molar-refractivity contribution in [3.05, 3.63) is 23.2 Å². The molecule has 1 amide bonds. The highest BCUT2D eigenvalue weighted by Gasteiger charge is 2.35. The summed E-state index contributed by atoms with van der Waals surface area (Å²) in [6.07, 6.45) is 3.68. The minimum atomic E-state index is 0.100. The minimum Gasteiger partial charge on any atom is -0.466 e. The summed E-state index contributed by atoms with van der Waals surface area (Å²) in [6.45, 7) is 8.48. The number of furan rings is 1. The summed E-state index contributed by atoms with van der Waals surface area (Å²) in [5.41, 5.74) is 1.36. The number of carbonyl (C=O) groups excluding carboxylic acids is 1. The fraction of sp³-hybridized carbons (Fsp3) is 0.706. The lowest BCUT2D eigenvalue weighted by Crippen LogP contribution is -2.36. The number of rotatable bonds is 3. The molecule has 0 spiro atoms. The fourth-order valence-electron chi connectivity index (χ4n) is 3.72. The summed E-state index contributed by atoms with van der Waals surface area (Å²) in [5.74, 6) is 2.66. The van der Waals surface area contributed by atoms with Crippen molar-refractivity contribution >= 4 is 5.91 Å². The molecule has 1 aliphatic heterocycles. The predicted octanol–water partition coefficient (Wildman–Crippen LogP) is 2.72. The second-order valence-electron chi connectivity index (χ2n) is 7.46. The van der Waals surface area contributed by atoms with Gasteiger partial charge in [-0.3, -0.25) is 4.79 Å². The van der Waals surface area contributed by atoms with Crippen molar-refractivity contribution in [1.29, 1.82) is 0 Å². The van der Waals surface area contributed by atoms with Crippen molar-refractivity contribution < 1.29 is 9.21 Å². The minimum absolute atomic E-state index is 0.100. The van der Waals surface area contributed by atoms with Crippen LogP contribution in [0.3, 0.4) is 0 Å². The molecule has 2 N–H and O–H groups in total. The monoisotopic (exact) mass is 290 g/mol. The Labute approximate surface area is 126 Å². The molecular weight excluding hydrogens is 264 g/mol. The molecule has 2 atom stereocenters. The second-order valence-corrected chi connectivity index (χ2v) is 7.46. The molecule has 2 unspecified atom stereocenters. The van der Waals surface area contributed by atoms with Gasteiger partial charge in [-0.2, -0.15) is 0 Å². The standard InChI is InChI=1S/C17H26N2O2/c1-11-6-13-14(8-17(2,3)9-15(13)21-11)19-16(20)7-12-4-5-18-10-12/h6,12,14,18H,4-5,7-10H2,1-3H3,(H,19,20). The van der Waals surface area contributed by atoms with Gasteiger partial charge in [-0.1, -0.05) is 13.8 Å². The van der Waals surface area contributed by atoms with Crippen molar-refractivity contribution in [1.82, 2.24) is 10.6 Å². The molecule has 3 rings (SSSR count). The first-order chi connectivity index (χ1) is 9.93. The lowest BCUT2D eigenvalue weighted by molar-refractivity contribution is -0.122. The quantitative estimate of drug-likeness (QED) is 0.900. The summed E-state index contributed by atoms with van der Waals surface area (Å²) >= 11 is 0. The summed E-state index contributed by atoms with van der Waals surface area (Å²) in [6, 6.07) is 2.19. The molecule has 1 saturated heterocycles. The van der Waals surface area contributed by atoms with Crippen LogP contribution in [0.1, 0.15) is 56.2 Å². The lowest BCUT2D eigenvalue weighted by atomic mass is 9.74. The average molecular weight is 290 g/mol. The Hall–Kier alpha value is -1.29. The Bertz CT molecular complexity index is 527. The Balaban J connectivity index is 1.70. The number of carbonyl (C=O) groups is 1. The zero-order chi connectivity index (χ0) is 15.0. The van der Waals surface area contributed by atoms with Crippen molar-refractivity contribution in [2.24, 2.45) is 11.3 Å². The van der Waals surface area contributed by atoms with Crippen LogP contribution in [-0.4, -0.2) is 19.0 Å². The first-order valence-corrected chi connectivity index (χ1v) is 8.02. The molecule has 0 radical (unpaired) electrons. The molecule has 4 heteroatoms. The predicted molar refractivity (Wildman–Crippen MR) is 82.0 cm³/mol. The Morgan fingerprint density at radius 3 is 3.05 bits per heavy atom. The largest absolute Gasteiger partial charge is 0.466 e. The summed E-state index contributed by atoms with van der Waals surface area (Å²) < 4.78 is 5.83. The SMILES string of the molecule is Cc1cc2c(o1)CC(C)(C)CC2NC(=O)CC1CCNC1. The molecule has 1 aliphatic carbocycles. The van der Waals surface area contributed by atoms with E-state index in [1.807, 2.05) is 6.92 Å². The van der Waals surface area contributed by atoms with Crippen molar-refractivity contribution in [3.63, 3.8) is 0 Å². The number of hydrogen-bond donors (Lipinski definition) is 2. The van der Waals surface area contributed by atoms with Crippen LogP contribution in [0.15, 0.2) is 10.5 Å². The molecule has 2 heterocycles. The van der Waals surface area contributed by atoms with Crippen molar-refractivity contribution in [2.45, 2.75) is 52.5 Å². The molecule has 21 heavy (non-hydrogen) atoms. The lowest BCUT2D eigenvalue weighted by Gasteiger charge is -2.34. The van der Waals surface area contributed by atoms with Crippen LogP contribution >= 0.6 is 0 Å². The highest BCUT2D eigenvalue weighted by molar-refractivity contribution is 5.76. The fourth-order valence-corrected chi connectivity index (χ4v) is 3.72. The second kappa shape index (κ2) is 5.48. The van der Waals surface area contributed by atoms with E-state index in [-0.39, 0.29) is 17.4 Å². The van der Waals surface area contributed by atoms with Crippen LogP contribution < -0.4 is 10.6 Å². The molecule has 1 aromatic heterocycles. The van der Waals surface area contributed by atoms with Crippen molar-refractivity contribution in [3.8, 4) is 0 Å². The van der Waals surface area contributed by atoms with E-state index in [4.69, 9.17) is 4.42 Å². The smallest absolute Gasteiger partial charge is 0.220 e. The van der Waals surface area contributed by atoms with Gasteiger partial charge in [0.25, 0.3) is 0 Å². The van der Waals surface area contributed by atoms with Gasteiger partial charge in [0.15, 0.2) is 0 Å². The summed E-state index contributed by atoms with van der Waals surface area (Å²) in [5, 5.41) is 6.56. The van der Waals surface area contributed by atoms with Crippen LogP contribution in [0.4, 0.5) is 0 Å². The van der Waals surface area contributed by atoms with Crippen LogP contribution in [-0.2, 0) is 11.2 Å².